The van der Waals surface area contributed by atoms with E-state index in [1.54, 1.807) is 4.90 Å². The van der Waals surface area contributed by atoms with E-state index in [0.29, 0.717) is 0 Å². The SMILES string of the molecule is CC(=O)NC(CC(=O)N(Cc1ccc(F)cc1F)C1CC1)c1ccc(C)cc1. The Morgan fingerprint density at radius 3 is 2.39 bits per heavy atom. The highest BCUT2D eigenvalue weighted by atomic mass is 19.1. The normalized spacial score (nSPS) is 14.4. The largest absolute Gasteiger partial charge is 0.349 e. The van der Waals surface area contributed by atoms with Crippen molar-refractivity contribution in [3.8, 4) is 0 Å². The molecule has 1 N–H and O–H groups in total. The number of benzene rings is 2. The first-order chi connectivity index (χ1) is 13.3. The summed E-state index contributed by atoms with van der Waals surface area (Å²) in [5, 5.41) is 2.83. The van der Waals surface area contributed by atoms with Crippen LogP contribution in [0.4, 0.5) is 8.78 Å². The van der Waals surface area contributed by atoms with E-state index in [0.717, 1.165) is 30.0 Å². The van der Waals surface area contributed by atoms with Crippen LogP contribution in [-0.2, 0) is 16.1 Å². The van der Waals surface area contributed by atoms with Gasteiger partial charge in [0, 0.05) is 31.1 Å². The molecular weight excluding hydrogens is 362 g/mol. The van der Waals surface area contributed by atoms with Gasteiger partial charge in [0.25, 0.3) is 0 Å². The van der Waals surface area contributed by atoms with Gasteiger partial charge >= 0.3 is 0 Å². The molecule has 148 valence electrons. The first kappa shape index (κ1) is 20.0. The van der Waals surface area contributed by atoms with Crippen molar-refractivity contribution in [3.63, 3.8) is 0 Å². The number of amides is 2. The van der Waals surface area contributed by atoms with Crippen molar-refractivity contribution in [1.29, 1.82) is 0 Å². The number of carbonyl (C=O) groups excluding carboxylic acids is 2. The molecule has 1 aliphatic rings. The summed E-state index contributed by atoms with van der Waals surface area (Å²) in [6.45, 7) is 3.48. The zero-order chi connectivity index (χ0) is 20.3. The van der Waals surface area contributed by atoms with E-state index in [1.165, 1.54) is 19.1 Å². The maximum absolute atomic E-state index is 14.1. The molecule has 0 bridgehead atoms. The molecule has 2 aromatic carbocycles. The van der Waals surface area contributed by atoms with E-state index >= 15 is 0 Å². The minimum atomic E-state index is -0.657. The number of aryl methyl sites for hydroxylation is 1. The lowest BCUT2D eigenvalue weighted by atomic mass is 10.0. The molecular formula is C22H24F2N2O2. The molecule has 1 saturated carbocycles. The summed E-state index contributed by atoms with van der Waals surface area (Å²) in [5.74, 6) is -1.68. The molecule has 0 saturated heterocycles. The molecule has 0 radical (unpaired) electrons. The fraction of sp³-hybridized carbons (Fsp3) is 0.364. The molecule has 3 rings (SSSR count). The van der Waals surface area contributed by atoms with Gasteiger partial charge in [0.15, 0.2) is 0 Å². The topological polar surface area (TPSA) is 49.4 Å². The van der Waals surface area contributed by atoms with Crippen molar-refractivity contribution in [1.82, 2.24) is 10.2 Å². The van der Waals surface area contributed by atoms with E-state index in [-0.39, 0.29) is 36.4 Å². The second-order valence-corrected chi connectivity index (χ2v) is 7.36. The van der Waals surface area contributed by atoms with Crippen LogP contribution in [0, 0.1) is 18.6 Å². The molecule has 1 unspecified atom stereocenters. The van der Waals surface area contributed by atoms with Crippen LogP contribution in [0.25, 0.3) is 0 Å². The lowest BCUT2D eigenvalue weighted by molar-refractivity contribution is -0.133. The molecule has 0 aromatic heterocycles. The average Bonchev–Trinajstić information content (AvgIpc) is 3.45. The minimum Gasteiger partial charge on any atom is -0.349 e. The van der Waals surface area contributed by atoms with Gasteiger partial charge < -0.3 is 10.2 Å². The van der Waals surface area contributed by atoms with Crippen LogP contribution in [0.1, 0.15) is 48.9 Å². The summed E-state index contributed by atoms with van der Waals surface area (Å²) < 4.78 is 27.2. The molecule has 2 aromatic rings. The Labute approximate surface area is 163 Å². The standard InChI is InChI=1S/C22H24F2N2O2/c1-14-3-5-16(6-4-14)21(25-15(2)27)12-22(28)26(19-9-10-19)13-17-7-8-18(23)11-20(17)24/h3-8,11,19,21H,9-10,12-13H2,1-2H3,(H,25,27). The van der Waals surface area contributed by atoms with Crippen LogP contribution in [-0.4, -0.2) is 22.8 Å². The van der Waals surface area contributed by atoms with Gasteiger partial charge in [-0.25, -0.2) is 8.78 Å². The third-order valence-electron chi connectivity index (χ3n) is 4.90. The van der Waals surface area contributed by atoms with E-state index in [9.17, 15) is 18.4 Å². The third kappa shape index (κ3) is 5.15. The van der Waals surface area contributed by atoms with E-state index in [4.69, 9.17) is 0 Å². The first-order valence-corrected chi connectivity index (χ1v) is 9.40. The molecule has 28 heavy (non-hydrogen) atoms. The van der Waals surface area contributed by atoms with Gasteiger partial charge in [-0.3, -0.25) is 9.59 Å². The zero-order valence-electron chi connectivity index (χ0n) is 16.0. The number of halogens is 2. The Bertz CT molecular complexity index is 863. The summed E-state index contributed by atoms with van der Waals surface area (Å²) in [6.07, 6.45) is 1.82. The lowest BCUT2D eigenvalue weighted by Gasteiger charge is -2.26. The fourth-order valence-electron chi connectivity index (χ4n) is 3.23. The molecule has 2 amide bonds. The summed E-state index contributed by atoms with van der Waals surface area (Å²) in [4.78, 5) is 26.3. The quantitative estimate of drug-likeness (QED) is 0.781. The van der Waals surface area contributed by atoms with Crippen molar-refractivity contribution in [3.05, 3.63) is 70.8 Å². The van der Waals surface area contributed by atoms with Gasteiger partial charge in [0.2, 0.25) is 11.8 Å². The summed E-state index contributed by atoms with van der Waals surface area (Å²) >= 11 is 0. The lowest BCUT2D eigenvalue weighted by Crippen LogP contribution is -2.37. The number of nitrogens with one attached hydrogen (secondary N) is 1. The average molecular weight is 386 g/mol. The Hall–Kier alpha value is -2.76. The van der Waals surface area contributed by atoms with Crippen LogP contribution in [0.5, 0.6) is 0 Å². The minimum absolute atomic E-state index is 0.0629. The number of nitrogens with zero attached hydrogens (tertiary/aromatic N) is 1. The van der Waals surface area contributed by atoms with E-state index in [2.05, 4.69) is 5.32 Å². The second-order valence-electron chi connectivity index (χ2n) is 7.36. The van der Waals surface area contributed by atoms with Crippen LogP contribution >= 0.6 is 0 Å². The van der Waals surface area contributed by atoms with Crippen molar-refractivity contribution in [2.24, 2.45) is 0 Å². The molecule has 1 fully saturated rings. The van der Waals surface area contributed by atoms with Gasteiger partial charge in [-0.05, 0) is 31.4 Å². The number of rotatable bonds is 7. The number of hydrogen-bond acceptors (Lipinski definition) is 2. The zero-order valence-corrected chi connectivity index (χ0v) is 16.0. The predicted molar refractivity (Wildman–Crippen MR) is 102 cm³/mol. The molecule has 1 atom stereocenters. The number of hydrogen-bond donors (Lipinski definition) is 1. The van der Waals surface area contributed by atoms with Crippen LogP contribution in [0.15, 0.2) is 42.5 Å². The van der Waals surface area contributed by atoms with Gasteiger partial charge in [-0.2, -0.15) is 0 Å². The Morgan fingerprint density at radius 2 is 1.82 bits per heavy atom. The van der Waals surface area contributed by atoms with Crippen molar-refractivity contribution < 1.29 is 18.4 Å². The molecule has 1 aliphatic carbocycles. The highest BCUT2D eigenvalue weighted by Gasteiger charge is 2.34. The summed E-state index contributed by atoms with van der Waals surface area (Å²) in [5.41, 5.74) is 2.22. The van der Waals surface area contributed by atoms with Crippen molar-refractivity contribution in [2.75, 3.05) is 0 Å². The summed E-state index contributed by atoms with van der Waals surface area (Å²) in [6, 6.07) is 10.7. The van der Waals surface area contributed by atoms with Crippen LogP contribution < -0.4 is 5.32 Å². The Kier molecular flexibility index (Phi) is 6.07. The molecule has 4 nitrogen and oxygen atoms in total. The second kappa shape index (κ2) is 8.50. The van der Waals surface area contributed by atoms with Crippen LogP contribution in [0.2, 0.25) is 0 Å². The highest BCUT2D eigenvalue weighted by Crippen LogP contribution is 2.31. The molecule has 0 heterocycles. The van der Waals surface area contributed by atoms with Gasteiger partial charge in [0.05, 0.1) is 12.5 Å². The smallest absolute Gasteiger partial charge is 0.225 e. The fourth-order valence-corrected chi connectivity index (χ4v) is 3.23. The predicted octanol–water partition coefficient (Wildman–Crippen LogP) is 4.03. The van der Waals surface area contributed by atoms with E-state index in [1.807, 2.05) is 31.2 Å². The maximum Gasteiger partial charge on any atom is 0.225 e. The molecule has 0 aliphatic heterocycles. The van der Waals surface area contributed by atoms with Crippen molar-refractivity contribution >= 4 is 11.8 Å². The highest BCUT2D eigenvalue weighted by molar-refractivity contribution is 5.79. The van der Waals surface area contributed by atoms with Crippen LogP contribution in [0.3, 0.4) is 0 Å². The van der Waals surface area contributed by atoms with Gasteiger partial charge in [-0.1, -0.05) is 35.9 Å². The first-order valence-electron chi connectivity index (χ1n) is 9.40. The number of carbonyl (C=O) groups is 2. The maximum atomic E-state index is 14.1. The van der Waals surface area contributed by atoms with E-state index < -0.39 is 17.7 Å². The van der Waals surface area contributed by atoms with Crippen molar-refractivity contribution in [2.45, 2.75) is 51.7 Å². The summed E-state index contributed by atoms with van der Waals surface area (Å²) in [7, 11) is 0. The Morgan fingerprint density at radius 1 is 1.14 bits per heavy atom. The molecule has 6 heteroatoms. The van der Waals surface area contributed by atoms with Gasteiger partial charge in [-0.15, -0.1) is 0 Å². The van der Waals surface area contributed by atoms with Gasteiger partial charge in [0.1, 0.15) is 11.6 Å². The third-order valence-corrected chi connectivity index (χ3v) is 4.90. The Balaban J connectivity index is 1.77. The monoisotopic (exact) mass is 386 g/mol. The molecule has 0 spiro atoms.